The van der Waals surface area contributed by atoms with Crippen LogP contribution in [0.4, 0.5) is 33.7 Å². The van der Waals surface area contributed by atoms with Gasteiger partial charge >= 0.3 is 12.2 Å². The monoisotopic (exact) mass is 844 g/mol. The molecule has 4 aromatic carbocycles. The standard InChI is InChI=1S/C44H45ClF4N6O3Si/c1-43(2,3)59(33-10-6-4-7-11-33,34-12-8-5-9-13-34)57-25-24-54-20-22-55(23-21-54)29-30-14-15-31(26-35(30)44(47,48)49)52-42(56)53-38-17-16-32(27-37(38)46)58-39-18-19-50-41-40(39)36(45)28-51-41/h4-19,26-28H,20-25,29H2,1-3H3,(H,50,51)(H2,52,53,56). The van der Waals surface area contributed by atoms with Crippen LogP contribution in [-0.2, 0) is 17.1 Å². The predicted octanol–water partition coefficient (Wildman–Crippen LogP) is 9.50. The van der Waals surface area contributed by atoms with Crippen molar-refractivity contribution in [2.24, 2.45) is 0 Å². The van der Waals surface area contributed by atoms with Gasteiger partial charge in [0.05, 0.1) is 21.7 Å². The molecule has 0 bridgehead atoms. The fourth-order valence-corrected chi connectivity index (χ4v) is 12.5. The number of ether oxygens (including phenoxy) is 1. The van der Waals surface area contributed by atoms with E-state index in [2.05, 4.69) is 94.8 Å². The molecule has 15 heteroatoms. The number of hydrogen-bond acceptors (Lipinski definition) is 6. The van der Waals surface area contributed by atoms with Crippen molar-refractivity contribution in [3.05, 3.63) is 137 Å². The average Bonchev–Trinajstić information content (AvgIpc) is 3.59. The first-order valence-electron chi connectivity index (χ1n) is 19.3. The van der Waals surface area contributed by atoms with E-state index in [9.17, 15) is 18.0 Å². The highest BCUT2D eigenvalue weighted by Crippen LogP contribution is 2.38. The second-order valence-electron chi connectivity index (χ2n) is 15.5. The molecule has 308 valence electrons. The highest BCUT2D eigenvalue weighted by atomic mass is 35.5. The number of rotatable bonds is 12. The van der Waals surface area contributed by atoms with Crippen molar-refractivity contribution in [1.82, 2.24) is 19.8 Å². The van der Waals surface area contributed by atoms with Gasteiger partial charge in [-0.2, -0.15) is 13.2 Å². The molecule has 59 heavy (non-hydrogen) atoms. The topological polar surface area (TPSA) is 94.8 Å². The Balaban J connectivity index is 0.944. The number of nitrogens with zero attached hydrogens (tertiary/aromatic N) is 3. The Hall–Kier alpha value is -5.25. The summed E-state index contributed by atoms with van der Waals surface area (Å²) in [6.45, 7) is 10.6. The minimum atomic E-state index is -4.67. The maximum Gasteiger partial charge on any atom is 0.416 e. The first-order chi connectivity index (χ1) is 28.2. The molecule has 0 saturated carbocycles. The van der Waals surface area contributed by atoms with Crippen LogP contribution < -0.4 is 25.7 Å². The Kier molecular flexibility index (Phi) is 12.5. The summed E-state index contributed by atoms with van der Waals surface area (Å²) < 4.78 is 71.1. The van der Waals surface area contributed by atoms with Gasteiger partial charge in [-0.05, 0) is 51.3 Å². The zero-order chi connectivity index (χ0) is 41.8. The molecule has 9 nitrogen and oxygen atoms in total. The summed E-state index contributed by atoms with van der Waals surface area (Å²) in [6, 6.07) is 29.1. The van der Waals surface area contributed by atoms with Crippen molar-refractivity contribution in [1.29, 1.82) is 0 Å². The van der Waals surface area contributed by atoms with E-state index in [1.807, 2.05) is 17.0 Å². The number of anilines is 2. The zero-order valence-corrected chi connectivity index (χ0v) is 34.6. The Bertz CT molecular complexity index is 2350. The van der Waals surface area contributed by atoms with Crippen LogP contribution in [0.5, 0.6) is 11.5 Å². The SMILES string of the molecule is CC(C)(C)[Si](OCCN1CCN(Cc2ccc(NC(=O)Nc3ccc(Oc4ccnc5[nH]cc(Cl)c45)cc3F)cc2C(F)(F)F)CC1)(c1ccccc1)c1ccccc1. The Labute approximate surface area is 346 Å². The minimum absolute atomic E-state index is 0.0882. The van der Waals surface area contributed by atoms with Gasteiger partial charge in [0.15, 0.2) is 0 Å². The number of benzene rings is 4. The van der Waals surface area contributed by atoms with Crippen molar-refractivity contribution in [3.63, 3.8) is 0 Å². The minimum Gasteiger partial charge on any atom is -0.456 e. The van der Waals surface area contributed by atoms with E-state index in [1.54, 1.807) is 12.3 Å². The van der Waals surface area contributed by atoms with Gasteiger partial charge < -0.3 is 24.8 Å². The number of fused-ring (bicyclic) bond motifs is 1. The van der Waals surface area contributed by atoms with E-state index in [-0.39, 0.29) is 34.3 Å². The summed E-state index contributed by atoms with van der Waals surface area (Å²) >= 11 is 6.23. The quantitative estimate of drug-likeness (QED) is 0.0840. The third kappa shape index (κ3) is 9.47. The number of H-pyrrole nitrogens is 1. The molecule has 7 rings (SSSR count). The molecule has 1 saturated heterocycles. The molecule has 0 atom stereocenters. The van der Waals surface area contributed by atoms with Crippen molar-refractivity contribution < 1.29 is 31.5 Å². The van der Waals surface area contributed by atoms with Gasteiger partial charge in [0.25, 0.3) is 8.32 Å². The van der Waals surface area contributed by atoms with Crippen LogP contribution in [0.3, 0.4) is 0 Å². The van der Waals surface area contributed by atoms with E-state index in [0.29, 0.717) is 61.1 Å². The molecule has 6 aromatic rings. The number of piperazine rings is 1. The summed E-state index contributed by atoms with van der Waals surface area (Å²) in [5.74, 6) is -0.343. The number of alkyl halides is 3. The first-order valence-corrected chi connectivity index (χ1v) is 21.6. The summed E-state index contributed by atoms with van der Waals surface area (Å²) in [6.07, 6.45) is -1.61. The van der Waals surface area contributed by atoms with Crippen LogP contribution in [0, 0.1) is 5.82 Å². The first kappa shape index (κ1) is 41.9. The number of carbonyl (C=O) groups is 1. The number of aromatic amines is 1. The maximum absolute atomic E-state index is 15.1. The van der Waals surface area contributed by atoms with E-state index in [0.717, 1.165) is 12.1 Å². The number of amides is 2. The fourth-order valence-electron chi connectivity index (χ4n) is 7.70. The highest BCUT2D eigenvalue weighted by molar-refractivity contribution is 6.99. The molecule has 3 N–H and O–H groups in total. The summed E-state index contributed by atoms with van der Waals surface area (Å²) in [7, 11) is -2.68. The third-order valence-corrected chi connectivity index (χ3v) is 15.9. The Morgan fingerprint density at radius 3 is 2.15 bits per heavy atom. The number of pyridine rings is 1. The number of urea groups is 1. The molecule has 3 heterocycles. The van der Waals surface area contributed by atoms with Crippen LogP contribution in [0.15, 0.2) is 116 Å². The smallest absolute Gasteiger partial charge is 0.416 e. The van der Waals surface area contributed by atoms with Crippen molar-refractivity contribution in [3.8, 4) is 11.5 Å². The van der Waals surface area contributed by atoms with Crippen LogP contribution in [0.25, 0.3) is 11.0 Å². The van der Waals surface area contributed by atoms with Gasteiger partial charge in [-0.25, -0.2) is 14.2 Å². The number of carbonyl (C=O) groups excluding carboxylic acids is 1. The van der Waals surface area contributed by atoms with Gasteiger partial charge in [0.1, 0.15) is 23.0 Å². The van der Waals surface area contributed by atoms with Gasteiger partial charge in [0, 0.05) is 70.0 Å². The van der Waals surface area contributed by atoms with Crippen molar-refractivity contribution >= 4 is 58.7 Å². The van der Waals surface area contributed by atoms with E-state index < -0.39 is 31.9 Å². The molecule has 1 aliphatic heterocycles. The molecule has 0 radical (unpaired) electrons. The Morgan fingerprint density at radius 2 is 1.53 bits per heavy atom. The largest absolute Gasteiger partial charge is 0.456 e. The molecule has 2 amide bonds. The summed E-state index contributed by atoms with van der Waals surface area (Å²) in [5.41, 5.74) is -0.545. The lowest BCUT2D eigenvalue weighted by Gasteiger charge is -2.43. The van der Waals surface area contributed by atoms with Crippen LogP contribution in [0.1, 0.15) is 31.9 Å². The number of hydrogen-bond donors (Lipinski definition) is 3. The van der Waals surface area contributed by atoms with Crippen LogP contribution >= 0.6 is 11.6 Å². The summed E-state index contributed by atoms with van der Waals surface area (Å²) in [5, 5.41) is 7.94. The van der Waals surface area contributed by atoms with E-state index >= 15 is 4.39 Å². The molecular weight excluding hydrogens is 800 g/mol. The van der Waals surface area contributed by atoms with Gasteiger partial charge in [-0.15, -0.1) is 0 Å². The lowest BCUT2D eigenvalue weighted by Crippen LogP contribution is -2.67. The van der Waals surface area contributed by atoms with E-state index in [4.69, 9.17) is 20.8 Å². The average molecular weight is 845 g/mol. The predicted molar refractivity (Wildman–Crippen MR) is 227 cm³/mol. The zero-order valence-electron chi connectivity index (χ0n) is 32.9. The maximum atomic E-state index is 15.1. The second kappa shape index (κ2) is 17.5. The summed E-state index contributed by atoms with van der Waals surface area (Å²) in [4.78, 5) is 24.2. The lowest BCUT2D eigenvalue weighted by molar-refractivity contribution is -0.138. The third-order valence-electron chi connectivity index (χ3n) is 10.6. The van der Waals surface area contributed by atoms with Gasteiger partial charge in [-0.3, -0.25) is 9.80 Å². The lowest BCUT2D eigenvalue weighted by atomic mass is 10.0. The second-order valence-corrected chi connectivity index (χ2v) is 20.2. The van der Waals surface area contributed by atoms with Gasteiger partial charge in [-0.1, -0.05) is 99.1 Å². The molecule has 0 unspecified atom stereocenters. The normalized spacial score (nSPS) is 14.4. The van der Waals surface area contributed by atoms with Crippen molar-refractivity contribution in [2.45, 2.75) is 38.5 Å². The molecule has 0 aliphatic carbocycles. The molecule has 1 aliphatic rings. The Morgan fingerprint density at radius 1 is 0.864 bits per heavy atom. The van der Waals surface area contributed by atoms with Crippen LogP contribution in [-0.4, -0.2) is 73.4 Å². The van der Waals surface area contributed by atoms with Crippen molar-refractivity contribution in [2.75, 3.05) is 50.0 Å². The number of halogens is 5. The van der Waals surface area contributed by atoms with E-state index in [1.165, 1.54) is 40.8 Å². The highest BCUT2D eigenvalue weighted by Gasteiger charge is 2.50. The molecule has 2 aromatic heterocycles. The molecular formula is C44H45ClF4N6O3Si. The molecule has 0 spiro atoms. The van der Waals surface area contributed by atoms with Crippen LogP contribution in [0.2, 0.25) is 10.1 Å². The number of aromatic nitrogens is 2. The van der Waals surface area contributed by atoms with Gasteiger partial charge in [0.2, 0.25) is 0 Å². The number of nitrogens with one attached hydrogen (secondary N) is 3. The molecule has 1 fully saturated rings. The fraction of sp³-hybridized carbons (Fsp3) is 0.273.